The van der Waals surface area contributed by atoms with Crippen LogP contribution < -0.4 is 30.3 Å². The second-order valence-electron chi connectivity index (χ2n) is 9.96. The summed E-state index contributed by atoms with van der Waals surface area (Å²) in [6.45, 7) is 11.8. The van der Waals surface area contributed by atoms with E-state index in [-0.39, 0.29) is 19.8 Å². The number of rotatable bonds is 15. The smallest absolute Gasteiger partial charge is 0.225 e. The van der Waals surface area contributed by atoms with Crippen LogP contribution in [0.1, 0.15) is 12.8 Å². The van der Waals surface area contributed by atoms with E-state index in [0.29, 0.717) is 43.5 Å². The molecular weight excluding hydrogens is 675 g/mol. The number of hydrogen-bond donors (Lipinski definition) is 5. The van der Waals surface area contributed by atoms with E-state index in [9.17, 15) is 0 Å². The summed E-state index contributed by atoms with van der Waals surface area (Å²) in [5, 5.41) is 29.5. The van der Waals surface area contributed by atoms with Crippen LogP contribution in [0.2, 0.25) is 0 Å². The summed E-state index contributed by atoms with van der Waals surface area (Å²) in [5.41, 5.74) is 4.50. The molecule has 16 nitrogen and oxygen atoms in total. The Balaban J connectivity index is 0.000000403. The van der Waals surface area contributed by atoms with Crippen LogP contribution in [0.25, 0.3) is 0 Å². The second-order valence-corrected chi connectivity index (χ2v) is 12.5. The molecule has 2 fully saturated rings. The minimum atomic E-state index is -1.67. The van der Waals surface area contributed by atoms with E-state index in [4.69, 9.17) is 29.0 Å². The van der Waals surface area contributed by atoms with Crippen LogP contribution >= 0.6 is 21.4 Å². The summed E-state index contributed by atoms with van der Waals surface area (Å²) in [5.74, 6) is 2.75. The molecule has 2 aliphatic heterocycles. The van der Waals surface area contributed by atoms with Crippen molar-refractivity contribution in [1.82, 2.24) is 35.1 Å². The molecule has 0 radical (unpaired) electrons. The first-order valence-corrected chi connectivity index (χ1v) is 18.3. The third-order valence-electron chi connectivity index (χ3n) is 6.78. The average molecular weight is 728 g/mol. The fourth-order valence-electron chi connectivity index (χ4n) is 4.36. The van der Waals surface area contributed by atoms with Crippen molar-refractivity contribution in [3.63, 3.8) is 0 Å². The summed E-state index contributed by atoms with van der Waals surface area (Å²) < 4.78 is 19.9. The SMILES string of the molecule is CN.CNCCN1CCN(c2ncc(OCCCO)cn2)CC1.O=S(Cl)Cl.OCCCOc1cnc(N2CCN(CCO)CC2)nc1. The van der Waals surface area contributed by atoms with Gasteiger partial charge in [-0.05, 0) is 14.1 Å². The highest BCUT2D eigenvalue weighted by Crippen LogP contribution is 2.15. The van der Waals surface area contributed by atoms with Crippen molar-refractivity contribution in [2.24, 2.45) is 5.73 Å². The van der Waals surface area contributed by atoms with Crippen LogP contribution in [0.3, 0.4) is 0 Å². The Kier molecular flexibility index (Phi) is 25.3. The van der Waals surface area contributed by atoms with Crippen LogP contribution in [-0.4, -0.2) is 168 Å². The molecule has 0 saturated carbocycles. The number of nitrogens with zero attached hydrogens (tertiary/aromatic N) is 8. The summed E-state index contributed by atoms with van der Waals surface area (Å²) in [6.07, 6.45) is 7.96. The monoisotopic (exact) mass is 726 g/mol. The zero-order valence-corrected chi connectivity index (χ0v) is 29.8. The number of hydrogen-bond acceptors (Lipinski definition) is 16. The molecule has 0 unspecified atom stereocenters. The highest BCUT2D eigenvalue weighted by molar-refractivity contribution is 8.26. The van der Waals surface area contributed by atoms with E-state index in [1.807, 2.05) is 7.05 Å². The molecule has 0 aliphatic carbocycles. The first-order valence-electron chi connectivity index (χ1n) is 15.5. The Labute approximate surface area is 289 Å². The van der Waals surface area contributed by atoms with Gasteiger partial charge in [0.1, 0.15) is 0 Å². The van der Waals surface area contributed by atoms with Gasteiger partial charge in [0.05, 0.1) is 44.6 Å². The molecule has 19 heteroatoms. The molecule has 6 N–H and O–H groups in total. The number of likely N-dealkylation sites (N-methyl/N-ethyl adjacent to an activating group) is 1. The van der Waals surface area contributed by atoms with Crippen molar-refractivity contribution >= 4 is 42.5 Å². The summed E-state index contributed by atoms with van der Waals surface area (Å²) >= 11 is 0. The second kappa shape index (κ2) is 27.7. The average Bonchev–Trinajstić information content (AvgIpc) is 3.10. The molecule has 4 heterocycles. The molecule has 2 saturated heterocycles. The molecule has 2 aromatic heterocycles. The number of aliphatic hydroxyl groups is 3. The van der Waals surface area contributed by atoms with Crippen LogP contribution in [0.15, 0.2) is 24.8 Å². The highest BCUT2D eigenvalue weighted by Gasteiger charge is 2.19. The maximum atomic E-state index is 9.09. The lowest BCUT2D eigenvalue weighted by Gasteiger charge is -2.34. The topological polar surface area (TPSA) is 199 Å². The number of nitrogens with two attached hydrogens (primary N) is 1. The molecule has 0 atom stereocenters. The molecule has 47 heavy (non-hydrogen) atoms. The number of ether oxygens (including phenoxy) is 2. The molecule has 0 bridgehead atoms. The van der Waals surface area contributed by atoms with Crippen molar-refractivity contribution in [2.45, 2.75) is 12.8 Å². The Bertz CT molecular complexity index is 1040. The van der Waals surface area contributed by atoms with Gasteiger partial charge in [0.25, 0.3) is 0 Å². The molecule has 2 aromatic rings. The first-order chi connectivity index (χ1) is 22.9. The minimum Gasteiger partial charge on any atom is -0.490 e. The first kappa shape index (κ1) is 42.8. The van der Waals surface area contributed by atoms with Crippen LogP contribution in [0.5, 0.6) is 11.5 Å². The third kappa shape index (κ3) is 19.4. The van der Waals surface area contributed by atoms with Gasteiger partial charge >= 0.3 is 0 Å². The lowest BCUT2D eigenvalue weighted by Crippen LogP contribution is -2.48. The number of piperazine rings is 2. The lowest BCUT2D eigenvalue weighted by molar-refractivity contribution is 0.188. The molecule has 0 amide bonds. The van der Waals surface area contributed by atoms with Gasteiger partial charge in [-0.15, -0.1) is 0 Å². The molecular formula is C28H52Cl2N10O6S. The minimum absolute atomic E-state index is 0.122. The number of aromatic nitrogens is 4. The maximum absolute atomic E-state index is 9.09. The molecule has 0 aromatic carbocycles. The Morgan fingerprint density at radius 1 is 0.723 bits per heavy atom. The lowest BCUT2D eigenvalue weighted by atomic mass is 10.3. The van der Waals surface area contributed by atoms with Crippen LogP contribution in [-0.2, 0) is 9.23 Å². The summed E-state index contributed by atoms with van der Waals surface area (Å²) in [6, 6.07) is 0. The van der Waals surface area contributed by atoms with Crippen molar-refractivity contribution in [1.29, 1.82) is 0 Å². The normalized spacial score (nSPS) is 15.1. The van der Waals surface area contributed by atoms with E-state index < -0.39 is 9.23 Å². The van der Waals surface area contributed by atoms with Gasteiger partial charge in [-0.1, -0.05) is 0 Å². The predicted octanol–water partition coefficient (Wildman–Crippen LogP) is -0.451. The van der Waals surface area contributed by atoms with E-state index in [2.05, 4.69) is 72.0 Å². The van der Waals surface area contributed by atoms with E-state index >= 15 is 0 Å². The molecule has 4 rings (SSSR count). The van der Waals surface area contributed by atoms with Crippen molar-refractivity contribution in [3.8, 4) is 11.5 Å². The fourth-order valence-corrected chi connectivity index (χ4v) is 4.36. The van der Waals surface area contributed by atoms with Gasteiger partial charge in [-0.3, -0.25) is 9.80 Å². The summed E-state index contributed by atoms with van der Waals surface area (Å²) in [4.78, 5) is 26.4. The van der Waals surface area contributed by atoms with Gasteiger partial charge in [0.2, 0.25) is 21.1 Å². The highest BCUT2D eigenvalue weighted by atomic mass is 36.0. The van der Waals surface area contributed by atoms with E-state index in [1.54, 1.807) is 24.8 Å². The standard InChI is InChI=1S/C14H25N5O2.C13H22N4O3.CH5N.Cl2OS/c1-15-3-4-18-5-7-19(8-6-18)14-16-11-13(12-17-14)21-10-2-9-20;18-7-1-9-20-12-10-14-13(15-11-12)17-4-2-16(3-5-17)6-8-19;1-2;1-4(2)3/h11-12,15,20H,2-10H2,1H3;10-11,18-19H,1-9H2;2H2,1H3;. The molecule has 0 spiro atoms. The predicted molar refractivity (Wildman–Crippen MR) is 187 cm³/mol. The number of aliphatic hydroxyl groups excluding tert-OH is 3. The third-order valence-corrected chi connectivity index (χ3v) is 6.78. The number of halogens is 2. The largest absolute Gasteiger partial charge is 0.490 e. The number of β-amino-alcohol motifs (C(OH)–C–C–N with tert-alkyl or cyclic N) is 1. The van der Waals surface area contributed by atoms with Crippen LogP contribution in [0.4, 0.5) is 11.9 Å². The molecule has 2 aliphatic rings. The van der Waals surface area contributed by atoms with Crippen molar-refractivity contribution < 1.29 is 29.0 Å². The van der Waals surface area contributed by atoms with E-state index in [0.717, 1.165) is 77.9 Å². The van der Waals surface area contributed by atoms with Crippen molar-refractivity contribution in [3.05, 3.63) is 24.8 Å². The van der Waals surface area contributed by atoms with E-state index in [1.165, 1.54) is 7.05 Å². The van der Waals surface area contributed by atoms with Gasteiger partial charge in [-0.25, -0.2) is 24.1 Å². The van der Waals surface area contributed by atoms with Gasteiger partial charge in [0.15, 0.2) is 11.5 Å². The summed E-state index contributed by atoms with van der Waals surface area (Å²) in [7, 11) is 10.8. The zero-order chi connectivity index (χ0) is 34.7. The Morgan fingerprint density at radius 2 is 1.09 bits per heavy atom. The van der Waals surface area contributed by atoms with Gasteiger partial charge in [-0.2, -0.15) is 0 Å². The van der Waals surface area contributed by atoms with Crippen molar-refractivity contribution in [2.75, 3.05) is 129 Å². The maximum Gasteiger partial charge on any atom is 0.225 e. The quantitative estimate of drug-likeness (QED) is 0.117. The number of anilines is 2. The number of nitrogens with one attached hydrogen (secondary N) is 1. The van der Waals surface area contributed by atoms with Gasteiger partial charge in [0, 0.05) is 119 Å². The fraction of sp³-hybridized carbons (Fsp3) is 0.714. The zero-order valence-electron chi connectivity index (χ0n) is 27.4. The van der Waals surface area contributed by atoms with Gasteiger partial charge < -0.3 is 45.6 Å². The Morgan fingerprint density at radius 3 is 1.40 bits per heavy atom. The van der Waals surface area contributed by atoms with Crippen LogP contribution in [0, 0.1) is 0 Å². The Hall–Kier alpha value is -2.19. The molecule has 270 valence electrons.